The largest absolute Gasteiger partial charge is 0.307 e. The SMILES string of the molecule is CCC1CCCN(Cc2ccc(CNC(C)(C)C)s2)C1. The van der Waals surface area contributed by atoms with Crippen molar-refractivity contribution in [2.24, 2.45) is 5.92 Å². The molecule has 1 N–H and O–H groups in total. The van der Waals surface area contributed by atoms with Crippen LogP contribution in [0.3, 0.4) is 0 Å². The highest BCUT2D eigenvalue weighted by Gasteiger charge is 2.19. The summed E-state index contributed by atoms with van der Waals surface area (Å²) in [6.07, 6.45) is 4.14. The van der Waals surface area contributed by atoms with Gasteiger partial charge in [0.2, 0.25) is 0 Å². The average Bonchev–Trinajstić information content (AvgIpc) is 2.83. The van der Waals surface area contributed by atoms with Crippen molar-refractivity contribution in [3.05, 3.63) is 21.9 Å². The van der Waals surface area contributed by atoms with Gasteiger partial charge in [0.15, 0.2) is 0 Å². The number of likely N-dealkylation sites (tertiary alicyclic amines) is 1. The van der Waals surface area contributed by atoms with Crippen molar-refractivity contribution in [3.8, 4) is 0 Å². The molecule has 2 nitrogen and oxygen atoms in total. The average molecular weight is 295 g/mol. The van der Waals surface area contributed by atoms with Crippen molar-refractivity contribution < 1.29 is 0 Å². The molecule has 0 aromatic carbocycles. The van der Waals surface area contributed by atoms with Crippen LogP contribution in [0, 0.1) is 5.92 Å². The fraction of sp³-hybridized carbons (Fsp3) is 0.765. The minimum absolute atomic E-state index is 0.200. The topological polar surface area (TPSA) is 15.3 Å². The summed E-state index contributed by atoms with van der Waals surface area (Å²) in [4.78, 5) is 5.62. The Bertz CT molecular complexity index is 405. The maximum Gasteiger partial charge on any atom is 0.0328 e. The molecular formula is C17H30N2S. The van der Waals surface area contributed by atoms with Crippen molar-refractivity contribution in [2.75, 3.05) is 13.1 Å². The van der Waals surface area contributed by atoms with E-state index in [4.69, 9.17) is 0 Å². The van der Waals surface area contributed by atoms with E-state index in [2.05, 4.69) is 50.0 Å². The Morgan fingerprint density at radius 2 is 2.05 bits per heavy atom. The van der Waals surface area contributed by atoms with Gasteiger partial charge >= 0.3 is 0 Å². The summed E-state index contributed by atoms with van der Waals surface area (Å²) in [7, 11) is 0. The quantitative estimate of drug-likeness (QED) is 0.873. The molecule has 0 radical (unpaired) electrons. The lowest BCUT2D eigenvalue weighted by Crippen LogP contribution is -2.34. The summed E-state index contributed by atoms with van der Waals surface area (Å²) < 4.78 is 0. The third kappa shape index (κ3) is 5.19. The molecule has 1 saturated heterocycles. The predicted octanol–water partition coefficient (Wildman–Crippen LogP) is 4.26. The van der Waals surface area contributed by atoms with Gasteiger partial charge in [0.05, 0.1) is 0 Å². The summed E-state index contributed by atoms with van der Waals surface area (Å²) in [5.41, 5.74) is 0.200. The molecule has 1 aliphatic rings. The van der Waals surface area contributed by atoms with Crippen molar-refractivity contribution in [1.29, 1.82) is 0 Å². The van der Waals surface area contributed by atoms with Gasteiger partial charge in [-0.15, -0.1) is 11.3 Å². The number of hydrogen-bond donors (Lipinski definition) is 1. The van der Waals surface area contributed by atoms with Gasteiger partial charge in [-0.25, -0.2) is 0 Å². The van der Waals surface area contributed by atoms with Crippen molar-refractivity contribution in [2.45, 2.75) is 65.6 Å². The number of hydrogen-bond acceptors (Lipinski definition) is 3. The smallest absolute Gasteiger partial charge is 0.0328 e. The molecule has 1 fully saturated rings. The van der Waals surface area contributed by atoms with Crippen LogP contribution in [0.15, 0.2) is 12.1 Å². The summed E-state index contributed by atoms with van der Waals surface area (Å²) in [5, 5.41) is 3.57. The Morgan fingerprint density at radius 3 is 2.75 bits per heavy atom. The van der Waals surface area contributed by atoms with Crippen LogP contribution in [-0.4, -0.2) is 23.5 Å². The molecule has 0 aliphatic carbocycles. The number of nitrogens with one attached hydrogen (secondary N) is 1. The monoisotopic (exact) mass is 294 g/mol. The third-order valence-electron chi connectivity index (χ3n) is 4.07. The minimum atomic E-state index is 0.200. The highest BCUT2D eigenvalue weighted by molar-refractivity contribution is 7.11. The van der Waals surface area contributed by atoms with Gasteiger partial charge in [-0.05, 0) is 58.2 Å². The predicted molar refractivity (Wildman–Crippen MR) is 89.2 cm³/mol. The molecule has 1 aromatic rings. The van der Waals surface area contributed by atoms with E-state index in [-0.39, 0.29) is 5.54 Å². The van der Waals surface area contributed by atoms with Crippen LogP contribution in [0.4, 0.5) is 0 Å². The van der Waals surface area contributed by atoms with E-state index in [1.165, 1.54) is 42.1 Å². The molecule has 114 valence electrons. The Kier molecular flexibility index (Phi) is 5.65. The first-order chi connectivity index (χ1) is 9.46. The van der Waals surface area contributed by atoms with Crippen LogP contribution in [0.5, 0.6) is 0 Å². The lowest BCUT2D eigenvalue weighted by Gasteiger charge is -2.31. The van der Waals surface area contributed by atoms with Crippen molar-refractivity contribution in [3.63, 3.8) is 0 Å². The summed E-state index contributed by atoms with van der Waals surface area (Å²) >= 11 is 1.97. The van der Waals surface area contributed by atoms with Gasteiger partial charge < -0.3 is 5.32 Å². The second kappa shape index (κ2) is 7.06. The number of thiophene rings is 1. The molecule has 0 bridgehead atoms. The number of piperidine rings is 1. The van der Waals surface area contributed by atoms with Gasteiger partial charge in [0, 0.05) is 34.9 Å². The molecule has 0 spiro atoms. The standard InChI is InChI=1S/C17H30N2S/c1-5-14-7-6-10-19(12-14)13-16-9-8-15(20-16)11-18-17(2,3)4/h8-9,14,18H,5-7,10-13H2,1-4H3. The maximum atomic E-state index is 3.57. The molecule has 2 rings (SSSR count). The first-order valence-corrected chi connectivity index (χ1v) is 8.83. The van der Waals surface area contributed by atoms with Crippen molar-refractivity contribution in [1.82, 2.24) is 10.2 Å². The molecule has 0 amide bonds. The van der Waals surface area contributed by atoms with Crippen LogP contribution < -0.4 is 5.32 Å². The number of nitrogens with zero attached hydrogens (tertiary/aromatic N) is 1. The lowest BCUT2D eigenvalue weighted by atomic mass is 9.96. The van der Waals surface area contributed by atoms with Crippen LogP contribution in [0.25, 0.3) is 0 Å². The lowest BCUT2D eigenvalue weighted by molar-refractivity contribution is 0.166. The van der Waals surface area contributed by atoms with E-state index in [0.29, 0.717) is 0 Å². The second-order valence-electron chi connectivity index (χ2n) is 7.12. The van der Waals surface area contributed by atoms with E-state index in [0.717, 1.165) is 19.0 Å². The van der Waals surface area contributed by atoms with E-state index in [9.17, 15) is 0 Å². The Hall–Kier alpha value is -0.380. The Labute approximate surface area is 128 Å². The van der Waals surface area contributed by atoms with Crippen LogP contribution in [-0.2, 0) is 13.1 Å². The maximum absolute atomic E-state index is 3.57. The molecule has 3 heteroatoms. The molecular weight excluding hydrogens is 264 g/mol. The summed E-state index contributed by atoms with van der Waals surface area (Å²) in [5.74, 6) is 0.922. The Balaban J connectivity index is 1.83. The first-order valence-electron chi connectivity index (χ1n) is 8.01. The molecule has 20 heavy (non-hydrogen) atoms. The highest BCUT2D eigenvalue weighted by atomic mass is 32.1. The van der Waals surface area contributed by atoms with E-state index < -0.39 is 0 Å². The normalized spacial score (nSPS) is 21.3. The molecule has 2 heterocycles. The fourth-order valence-corrected chi connectivity index (χ4v) is 3.80. The van der Waals surface area contributed by atoms with Gasteiger partial charge in [0.1, 0.15) is 0 Å². The number of rotatable bonds is 5. The molecule has 1 aliphatic heterocycles. The molecule has 0 saturated carbocycles. The highest BCUT2D eigenvalue weighted by Crippen LogP contribution is 2.24. The summed E-state index contributed by atoms with van der Waals surface area (Å²) in [6, 6.07) is 4.61. The molecule has 1 atom stereocenters. The van der Waals surface area contributed by atoms with Crippen LogP contribution >= 0.6 is 11.3 Å². The van der Waals surface area contributed by atoms with Gasteiger partial charge in [-0.1, -0.05) is 13.3 Å². The van der Waals surface area contributed by atoms with Crippen LogP contribution in [0.1, 0.15) is 56.7 Å². The zero-order valence-corrected chi connectivity index (χ0v) is 14.4. The molecule has 1 aromatic heterocycles. The van der Waals surface area contributed by atoms with Crippen LogP contribution in [0.2, 0.25) is 0 Å². The summed E-state index contributed by atoms with van der Waals surface area (Å²) in [6.45, 7) is 13.7. The van der Waals surface area contributed by atoms with Crippen molar-refractivity contribution >= 4 is 11.3 Å². The first kappa shape index (κ1) is 16.0. The zero-order valence-electron chi connectivity index (χ0n) is 13.5. The van der Waals surface area contributed by atoms with E-state index >= 15 is 0 Å². The third-order valence-corrected chi connectivity index (χ3v) is 5.14. The van der Waals surface area contributed by atoms with Gasteiger partial charge in [-0.2, -0.15) is 0 Å². The van der Waals surface area contributed by atoms with E-state index in [1.54, 1.807) is 0 Å². The molecule has 1 unspecified atom stereocenters. The Morgan fingerprint density at radius 1 is 1.30 bits per heavy atom. The fourth-order valence-electron chi connectivity index (χ4n) is 2.80. The van der Waals surface area contributed by atoms with Gasteiger partial charge in [0.25, 0.3) is 0 Å². The minimum Gasteiger partial charge on any atom is -0.307 e. The zero-order chi connectivity index (χ0) is 14.6. The van der Waals surface area contributed by atoms with Gasteiger partial charge in [-0.3, -0.25) is 4.90 Å². The second-order valence-corrected chi connectivity index (χ2v) is 8.38. The van der Waals surface area contributed by atoms with E-state index in [1.807, 2.05) is 11.3 Å².